The number of ether oxygens (including phenoxy) is 3. The summed E-state index contributed by atoms with van der Waals surface area (Å²) in [5, 5.41) is 19.4. The highest BCUT2D eigenvalue weighted by molar-refractivity contribution is 5.77. The van der Waals surface area contributed by atoms with Gasteiger partial charge in [0.05, 0.1) is 26.4 Å². The van der Waals surface area contributed by atoms with E-state index in [1.807, 2.05) is 0 Å². The van der Waals surface area contributed by atoms with Crippen LogP contribution in [-0.2, 0) is 30.2 Å². The third kappa shape index (κ3) is 22.8. The predicted molar refractivity (Wildman–Crippen MR) is 142 cm³/mol. The number of aryl methyl sites for hydroxylation is 1. The van der Waals surface area contributed by atoms with Crippen LogP contribution in [0.4, 0.5) is 0 Å². The Bertz CT molecular complexity index is 647. The summed E-state index contributed by atoms with van der Waals surface area (Å²) < 4.78 is 15.5. The molecule has 1 heterocycles. The van der Waals surface area contributed by atoms with Crippen molar-refractivity contribution >= 4 is 11.8 Å². The molecule has 11 nitrogen and oxygen atoms in total. The standard InChI is InChI=1S/C26H50N6O5/c1-35-19-17-28-26(34)23-37-22-21-36-20-18-27-25(33)16-14-12-10-8-6-4-2-3-5-7-9-11-13-15-24-29-31-32-30-24/h2-23H2,1H3,(H,27,33)(H,28,34)(H,29,30,31,32). The largest absolute Gasteiger partial charge is 0.383 e. The van der Waals surface area contributed by atoms with Gasteiger partial charge in [-0.2, -0.15) is 0 Å². The molecule has 0 atom stereocenters. The van der Waals surface area contributed by atoms with Gasteiger partial charge in [-0.25, -0.2) is 5.10 Å². The van der Waals surface area contributed by atoms with Crippen LogP contribution in [-0.4, -0.2) is 85.7 Å². The quantitative estimate of drug-likeness (QED) is 0.149. The number of unbranched alkanes of at least 4 members (excludes halogenated alkanes) is 12. The molecule has 0 aromatic carbocycles. The summed E-state index contributed by atoms with van der Waals surface area (Å²) in [7, 11) is 1.58. The summed E-state index contributed by atoms with van der Waals surface area (Å²) in [6, 6.07) is 0. The lowest BCUT2D eigenvalue weighted by Gasteiger charge is -2.08. The molecule has 0 spiro atoms. The van der Waals surface area contributed by atoms with E-state index in [2.05, 4.69) is 31.3 Å². The van der Waals surface area contributed by atoms with Crippen LogP contribution >= 0.6 is 0 Å². The topological polar surface area (TPSA) is 140 Å². The molecule has 2 amide bonds. The van der Waals surface area contributed by atoms with Gasteiger partial charge in [0.15, 0.2) is 0 Å². The van der Waals surface area contributed by atoms with Crippen molar-refractivity contribution in [2.45, 2.75) is 96.3 Å². The molecule has 0 radical (unpaired) electrons. The molecule has 0 saturated heterocycles. The number of tetrazole rings is 1. The lowest BCUT2D eigenvalue weighted by atomic mass is 10.0. The summed E-state index contributed by atoms with van der Waals surface area (Å²) >= 11 is 0. The van der Waals surface area contributed by atoms with Gasteiger partial charge in [0.25, 0.3) is 0 Å². The van der Waals surface area contributed by atoms with Crippen molar-refractivity contribution in [3.05, 3.63) is 5.82 Å². The van der Waals surface area contributed by atoms with Gasteiger partial charge in [-0.15, -0.1) is 5.10 Å². The lowest BCUT2D eigenvalue weighted by molar-refractivity contribution is -0.126. The number of H-pyrrole nitrogens is 1. The van der Waals surface area contributed by atoms with Crippen LogP contribution in [0.25, 0.3) is 0 Å². The molecule has 1 rings (SSSR count). The van der Waals surface area contributed by atoms with E-state index in [0.29, 0.717) is 45.9 Å². The van der Waals surface area contributed by atoms with Crippen LogP contribution in [0.3, 0.4) is 0 Å². The van der Waals surface area contributed by atoms with Crippen LogP contribution in [0, 0.1) is 0 Å². The highest BCUT2D eigenvalue weighted by Crippen LogP contribution is 2.13. The van der Waals surface area contributed by atoms with E-state index in [4.69, 9.17) is 14.2 Å². The molecule has 0 unspecified atom stereocenters. The minimum atomic E-state index is -0.170. The molecule has 37 heavy (non-hydrogen) atoms. The smallest absolute Gasteiger partial charge is 0.246 e. The maximum atomic E-state index is 11.9. The summed E-state index contributed by atoms with van der Waals surface area (Å²) in [6.45, 7) is 2.64. The molecule has 11 heteroatoms. The number of aromatic amines is 1. The van der Waals surface area contributed by atoms with Crippen molar-refractivity contribution in [3.63, 3.8) is 0 Å². The van der Waals surface area contributed by atoms with Crippen molar-refractivity contribution < 1.29 is 23.8 Å². The molecule has 0 bridgehead atoms. The first kappa shape index (κ1) is 32.9. The Hall–Kier alpha value is -2.11. The number of rotatable bonds is 27. The second-order valence-electron chi connectivity index (χ2n) is 9.30. The first-order valence-corrected chi connectivity index (χ1v) is 14.1. The van der Waals surface area contributed by atoms with E-state index >= 15 is 0 Å². The van der Waals surface area contributed by atoms with Crippen molar-refractivity contribution in [2.24, 2.45) is 0 Å². The predicted octanol–water partition coefficient (Wildman–Crippen LogP) is 3.12. The number of aromatic nitrogens is 4. The molecule has 3 N–H and O–H groups in total. The lowest BCUT2D eigenvalue weighted by Crippen LogP contribution is -2.31. The Morgan fingerprint density at radius 3 is 1.89 bits per heavy atom. The zero-order valence-electron chi connectivity index (χ0n) is 22.9. The molecular formula is C26H50N6O5. The average Bonchev–Trinajstić information content (AvgIpc) is 3.41. The monoisotopic (exact) mass is 526 g/mol. The fourth-order valence-corrected chi connectivity index (χ4v) is 3.89. The Morgan fingerprint density at radius 1 is 0.703 bits per heavy atom. The van der Waals surface area contributed by atoms with Crippen LogP contribution in [0.1, 0.15) is 95.7 Å². The zero-order valence-corrected chi connectivity index (χ0v) is 22.9. The number of carbonyl (C=O) groups excluding carboxylic acids is 2. The van der Waals surface area contributed by atoms with Crippen molar-refractivity contribution in [2.75, 3.05) is 53.2 Å². The number of amides is 2. The van der Waals surface area contributed by atoms with E-state index in [1.54, 1.807) is 7.11 Å². The molecule has 1 aromatic heterocycles. The molecule has 0 aliphatic heterocycles. The third-order valence-corrected chi connectivity index (χ3v) is 6.01. The van der Waals surface area contributed by atoms with E-state index < -0.39 is 0 Å². The Kier molecular flexibility index (Phi) is 22.7. The van der Waals surface area contributed by atoms with Gasteiger partial charge in [0.1, 0.15) is 12.4 Å². The normalized spacial score (nSPS) is 11.1. The fraction of sp³-hybridized carbons (Fsp3) is 0.885. The average molecular weight is 527 g/mol. The second kappa shape index (κ2) is 25.5. The first-order chi connectivity index (χ1) is 18.2. The fourth-order valence-electron chi connectivity index (χ4n) is 3.89. The third-order valence-electron chi connectivity index (χ3n) is 6.01. The Balaban J connectivity index is 1.71. The van der Waals surface area contributed by atoms with Gasteiger partial charge in [-0.3, -0.25) is 9.59 Å². The maximum absolute atomic E-state index is 11.9. The number of methoxy groups -OCH3 is 1. The summed E-state index contributed by atoms with van der Waals surface area (Å²) in [5.74, 6) is 0.807. The van der Waals surface area contributed by atoms with Gasteiger partial charge in [0, 0.05) is 33.0 Å². The molecule has 0 fully saturated rings. The molecule has 0 aliphatic carbocycles. The second-order valence-corrected chi connectivity index (χ2v) is 9.30. The highest BCUT2D eigenvalue weighted by Gasteiger charge is 2.02. The minimum absolute atomic E-state index is 0.00959. The molecule has 1 aromatic rings. The Morgan fingerprint density at radius 2 is 1.27 bits per heavy atom. The van der Waals surface area contributed by atoms with Gasteiger partial charge >= 0.3 is 0 Å². The Labute approximate surface area is 222 Å². The van der Waals surface area contributed by atoms with E-state index in [1.165, 1.54) is 64.2 Å². The minimum Gasteiger partial charge on any atom is -0.383 e. The number of hydrogen-bond acceptors (Lipinski definition) is 8. The van der Waals surface area contributed by atoms with Crippen molar-refractivity contribution in [1.29, 1.82) is 0 Å². The molecule has 0 saturated carbocycles. The highest BCUT2D eigenvalue weighted by atomic mass is 16.5. The number of hydrogen-bond donors (Lipinski definition) is 3. The SMILES string of the molecule is COCCNC(=O)COCCOCCNC(=O)CCCCCCCCCCCCCCCc1nnn[nH]1. The van der Waals surface area contributed by atoms with Crippen LogP contribution in [0.2, 0.25) is 0 Å². The van der Waals surface area contributed by atoms with Gasteiger partial charge in [-0.05, 0) is 23.3 Å². The summed E-state index contributed by atoms with van der Waals surface area (Å²) in [6.07, 6.45) is 17.7. The summed E-state index contributed by atoms with van der Waals surface area (Å²) in [4.78, 5) is 23.3. The number of nitrogens with one attached hydrogen (secondary N) is 3. The summed E-state index contributed by atoms with van der Waals surface area (Å²) in [5.41, 5.74) is 0. The maximum Gasteiger partial charge on any atom is 0.246 e. The van der Waals surface area contributed by atoms with E-state index in [-0.39, 0.29) is 18.4 Å². The molecule has 0 aliphatic rings. The van der Waals surface area contributed by atoms with Crippen molar-refractivity contribution in [1.82, 2.24) is 31.3 Å². The van der Waals surface area contributed by atoms with Gasteiger partial charge in [0.2, 0.25) is 11.8 Å². The van der Waals surface area contributed by atoms with Gasteiger partial charge in [-0.1, -0.05) is 70.6 Å². The van der Waals surface area contributed by atoms with Crippen LogP contribution in [0.15, 0.2) is 0 Å². The van der Waals surface area contributed by atoms with Crippen LogP contribution in [0.5, 0.6) is 0 Å². The van der Waals surface area contributed by atoms with E-state index in [9.17, 15) is 9.59 Å². The first-order valence-electron chi connectivity index (χ1n) is 14.1. The number of carbonyl (C=O) groups is 2. The van der Waals surface area contributed by atoms with Crippen molar-refractivity contribution in [3.8, 4) is 0 Å². The number of nitrogens with zero attached hydrogens (tertiary/aromatic N) is 3. The zero-order chi connectivity index (χ0) is 26.7. The van der Waals surface area contributed by atoms with E-state index in [0.717, 1.165) is 31.5 Å². The van der Waals surface area contributed by atoms with Gasteiger partial charge < -0.3 is 24.8 Å². The van der Waals surface area contributed by atoms with Crippen LogP contribution < -0.4 is 10.6 Å². The molecule has 214 valence electrons. The molecular weight excluding hydrogens is 476 g/mol.